The van der Waals surface area contributed by atoms with Gasteiger partial charge in [0, 0.05) is 16.7 Å². The highest BCUT2D eigenvalue weighted by atomic mass is 14.9. The topological polar surface area (TPSA) is 25.8 Å². The van der Waals surface area contributed by atoms with Gasteiger partial charge in [0.1, 0.15) is 0 Å². The molecule has 0 spiro atoms. The molecule has 11 aromatic carbocycles. The molecule has 0 bridgehead atoms. The van der Waals surface area contributed by atoms with Crippen LogP contribution in [0.5, 0.6) is 0 Å². The van der Waals surface area contributed by atoms with Crippen molar-refractivity contribution in [2.24, 2.45) is 0 Å². The van der Waals surface area contributed by atoms with Gasteiger partial charge in [-0.1, -0.05) is 218 Å². The zero-order valence-electron chi connectivity index (χ0n) is 33.8. The first-order valence-corrected chi connectivity index (χ1v) is 21.2. The van der Waals surface area contributed by atoms with Gasteiger partial charge in [-0.25, -0.2) is 9.97 Å². The molecule has 0 aliphatic heterocycles. The van der Waals surface area contributed by atoms with Crippen molar-refractivity contribution in [3.8, 4) is 67.3 Å². The lowest BCUT2D eigenvalue weighted by molar-refractivity contribution is 1.19. The fourth-order valence-corrected chi connectivity index (χ4v) is 9.61. The molecule has 12 aromatic rings. The summed E-state index contributed by atoms with van der Waals surface area (Å²) in [5, 5.41) is 12.0. The number of rotatable bonds is 6. The van der Waals surface area contributed by atoms with Crippen LogP contribution in [0.25, 0.3) is 121 Å². The highest BCUT2D eigenvalue weighted by Gasteiger charge is 2.23. The third-order valence-corrected chi connectivity index (χ3v) is 12.5. The second kappa shape index (κ2) is 14.8. The Labute approximate surface area is 360 Å². The van der Waals surface area contributed by atoms with Crippen molar-refractivity contribution in [2.75, 3.05) is 0 Å². The van der Waals surface area contributed by atoms with Gasteiger partial charge in [0.15, 0.2) is 5.82 Å². The largest absolute Gasteiger partial charge is 0.228 e. The van der Waals surface area contributed by atoms with Crippen LogP contribution >= 0.6 is 0 Å². The van der Waals surface area contributed by atoms with E-state index in [9.17, 15) is 0 Å². The van der Waals surface area contributed by atoms with Gasteiger partial charge in [-0.15, -0.1) is 0 Å². The van der Waals surface area contributed by atoms with Crippen LogP contribution < -0.4 is 0 Å². The van der Waals surface area contributed by atoms with Crippen LogP contribution in [0.1, 0.15) is 0 Å². The van der Waals surface area contributed by atoms with Crippen molar-refractivity contribution in [2.45, 2.75) is 0 Å². The van der Waals surface area contributed by atoms with Crippen LogP contribution in [-0.2, 0) is 0 Å². The summed E-state index contributed by atoms with van der Waals surface area (Å²) >= 11 is 0. The number of hydrogen-bond acceptors (Lipinski definition) is 2. The molecule has 0 radical (unpaired) electrons. The molecular formula is C60H38N2. The molecule has 0 fully saturated rings. The van der Waals surface area contributed by atoms with Crippen molar-refractivity contribution in [1.29, 1.82) is 0 Å². The van der Waals surface area contributed by atoms with Gasteiger partial charge in [-0.2, -0.15) is 0 Å². The standard InChI is InChI=1S/C60H38N2/c1-3-17-39(18-4-1)40-31-33-43(34-32-40)55-38-56(48-26-12-11-23-45(48)41-19-5-2-6-20-41)62-60(61-55)59-51-29-15-13-27-49(51)58(50-28-14-16-30-52(50)59)57-47-25-10-8-22-44(47)37-54-46-24-9-7-21-42(46)35-36-53(54)57/h1-38H. The van der Waals surface area contributed by atoms with E-state index in [0.717, 1.165) is 50.0 Å². The normalized spacial score (nSPS) is 11.5. The molecule has 288 valence electrons. The van der Waals surface area contributed by atoms with Crippen molar-refractivity contribution in [3.63, 3.8) is 0 Å². The van der Waals surface area contributed by atoms with E-state index in [-0.39, 0.29) is 0 Å². The summed E-state index contributed by atoms with van der Waals surface area (Å²) in [5.41, 5.74) is 12.0. The molecule has 0 aliphatic rings. The minimum absolute atomic E-state index is 0.695. The fourth-order valence-electron chi connectivity index (χ4n) is 9.61. The number of nitrogens with zero attached hydrogens (tertiary/aromatic N) is 2. The summed E-state index contributed by atoms with van der Waals surface area (Å²) in [5.74, 6) is 0.695. The summed E-state index contributed by atoms with van der Waals surface area (Å²) in [6, 6.07) is 82.9. The molecule has 1 heterocycles. The minimum atomic E-state index is 0.695. The van der Waals surface area contributed by atoms with E-state index in [4.69, 9.17) is 9.97 Å². The Balaban J connectivity index is 1.16. The van der Waals surface area contributed by atoms with E-state index in [1.54, 1.807) is 0 Å². The van der Waals surface area contributed by atoms with Crippen molar-refractivity contribution in [3.05, 3.63) is 231 Å². The zero-order valence-corrected chi connectivity index (χ0v) is 33.8. The zero-order chi connectivity index (χ0) is 41.0. The minimum Gasteiger partial charge on any atom is -0.228 e. The molecule has 0 saturated carbocycles. The van der Waals surface area contributed by atoms with E-state index in [1.807, 2.05) is 0 Å². The number of benzene rings is 11. The van der Waals surface area contributed by atoms with Gasteiger partial charge in [0.25, 0.3) is 0 Å². The molecule has 0 saturated heterocycles. The molecule has 12 rings (SSSR count). The molecule has 0 aliphatic carbocycles. The van der Waals surface area contributed by atoms with Crippen LogP contribution in [0.4, 0.5) is 0 Å². The first-order valence-electron chi connectivity index (χ1n) is 21.2. The smallest absolute Gasteiger partial charge is 0.161 e. The van der Waals surface area contributed by atoms with Crippen molar-refractivity contribution >= 4 is 53.9 Å². The Morgan fingerprint density at radius 3 is 1.35 bits per heavy atom. The molecular weight excluding hydrogens is 749 g/mol. The van der Waals surface area contributed by atoms with Gasteiger partial charge in [-0.3, -0.25) is 0 Å². The van der Waals surface area contributed by atoms with Crippen LogP contribution in [0.2, 0.25) is 0 Å². The first-order chi connectivity index (χ1) is 30.8. The summed E-state index contributed by atoms with van der Waals surface area (Å²) in [6.07, 6.45) is 0. The molecule has 0 N–H and O–H groups in total. The predicted molar refractivity (Wildman–Crippen MR) is 262 cm³/mol. The van der Waals surface area contributed by atoms with E-state index >= 15 is 0 Å². The maximum absolute atomic E-state index is 5.58. The van der Waals surface area contributed by atoms with Crippen LogP contribution in [0.15, 0.2) is 231 Å². The second-order valence-electron chi connectivity index (χ2n) is 16.0. The second-order valence-corrected chi connectivity index (χ2v) is 16.0. The van der Waals surface area contributed by atoms with E-state index in [0.29, 0.717) is 5.82 Å². The predicted octanol–water partition coefficient (Wildman–Crippen LogP) is 16.2. The van der Waals surface area contributed by atoms with Crippen molar-refractivity contribution < 1.29 is 0 Å². The SMILES string of the molecule is c1ccc(-c2ccc(-c3cc(-c4ccccc4-c4ccccc4)nc(-c4c5ccccc5c(-c5c6ccccc6cc6c5ccc5ccccc56)c5ccccc45)n3)cc2)cc1. The molecule has 62 heavy (non-hydrogen) atoms. The average molecular weight is 787 g/mol. The molecule has 1 aromatic heterocycles. The van der Waals surface area contributed by atoms with Gasteiger partial charge in [0.05, 0.1) is 11.4 Å². The maximum atomic E-state index is 5.58. The maximum Gasteiger partial charge on any atom is 0.161 e. The molecule has 2 nitrogen and oxygen atoms in total. The Morgan fingerprint density at radius 2 is 0.677 bits per heavy atom. The Kier molecular flexibility index (Phi) is 8.53. The number of aromatic nitrogens is 2. The lowest BCUT2D eigenvalue weighted by Crippen LogP contribution is -1.99. The summed E-state index contributed by atoms with van der Waals surface area (Å²) in [7, 11) is 0. The fraction of sp³-hybridized carbons (Fsp3) is 0. The van der Waals surface area contributed by atoms with Crippen molar-refractivity contribution in [1.82, 2.24) is 9.97 Å². The highest BCUT2D eigenvalue weighted by molar-refractivity contribution is 6.29. The third kappa shape index (κ3) is 5.96. The molecule has 2 heteroatoms. The van der Waals surface area contributed by atoms with E-state index in [1.165, 1.54) is 65.3 Å². The average Bonchev–Trinajstić information content (AvgIpc) is 3.35. The van der Waals surface area contributed by atoms with Crippen LogP contribution in [0.3, 0.4) is 0 Å². The summed E-state index contributed by atoms with van der Waals surface area (Å²) in [6.45, 7) is 0. The summed E-state index contributed by atoms with van der Waals surface area (Å²) in [4.78, 5) is 11.1. The quantitative estimate of drug-likeness (QED) is 0.124. The number of fused-ring (bicyclic) bond motifs is 6. The van der Waals surface area contributed by atoms with Crippen LogP contribution in [0, 0.1) is 0 Å². The van der Waals surface area contributed by atoms with Gasteiger partial charge < -0.3 is 0 Å². The van der Waals surface area contributed by atoms with E-state index in [2.05, 4.69) is 231 Å². The Bertz CT molecular complexity index is 3610. The van der Waals surface area contributed by atoms with Gasteiger partial charge in [-0.05, 0) is 99.4 Å². The Morgan fingerprint density at radius 1 is 0.226 bits per heavy atom. The highest BCUT2D eigenvalue weighted by Crippen LogP contribution is 2.48. The van der Waals surface area contributed by atoms with Crippen LogP contribution in [-0.4, -0.2) is 9.97 Å². The monoisotopic (exact) mass is 786 g/mol. The molecule has 0 unspecified atom stereocenters. The van der Waals surface area contributed by atoms with Gasteiger partial charge in [0.2, 0.25) is 0 Å². The number of hydrogen-bond donors (Lipinski definition) is 0. The van der Waals surface area contributed by atoms with Gasteiger partial charge >= 0.3 is 0 Å². The summed E-state index contributed by atoms with van der Waals surface area (Å²) < 4.78 is 0. The molecule has 0 atom stereocenters. The lowest BCUT2D eigenvalue weighted by atomic mass is 9.83. The first kappa shape index (κ1) is 35.7. The lowest BCUT2D eigenvalue weighted by Gasteiger charge is -2.21. The third-order valence-electron chi connectivity index (χ3n) is 12.5. The Hall–Kier alpha value is -8.20. The van der Waals surface area contributed by atoms with E-state index < -0.39 is 0 Å². The molecule has 0 amide bonds.